The number of amides is 3. The molecule has 10 heteroatoms. The number of methoxy groups -OCH3 is 1. The Hall–Kier alpha value is -4.31. The number of benzene rings is 3. The molecule has 3 aromatic carbocycles. The SMILES string of the molecule is COc1ccc(NC(=O)C[C@@H]2C(=O)N(c3ccc(F)cc3)C(=S)N2Cc2ccc(N3CCCC3=O)cc2)cc1. The molecule has 0 saturated carbocycles. The topological polar surface area (TPSA) is 82.2 Å². The first-order valence-electron chi connectivity index (χ1n) is 12.6. The van der Waals surface area contributed by atoms with Crippen molar-refractivity contribution in [2.24, 2.45) is 0 Å². The van der Waals surface area contributed by atoms with E-state index < -0.39 is 11.9 Å². The lowest BCUT2D eigenvalue weighted by Gasteiger charge is -2.24. The number of nitrogens with zero attached hydrogens (tertiary/aromatic N) is 3. The Balaban J connectivity index is 1.37. The minimum absolute atomic E-state index is 0.104. The Morgan fingerprint density at radius 2 is 1.67 bits per heavy atom. The molecular formula is C29H27FN4O4S. The van der Waals surface area contributed by atoms with Crippen LogP contribution < -0.4 is 19.9 Å². The first-order valence-corrected chi connectivity index (χ1v) is 13.0. The third kappa shape index (κ3) is 5.61. The summed E-state index contributed by atoms with van der Waals surface area (Å²) in [6, 6.07) is 19.1. The van der Waals surface area contributed by atoms with Crippen LogP contribution in [0.1, 0.15) is 24.8 Å². The van der Waals surface area contributed by atoms with Gasteiger partial charge in [-0.05, 0) is 84.9 Å². The molecule has 1 atom stereocenters. The van der Waals surface area contributed by atoms with Gasteiger partial charge in [0, 0.05) is 30.9 Å². The zero-order valence-corrected chi connectivity index (χ0v) is 22.1. The first-order chi connectivity index (χ1) is 18.8. The maximum Gasteiger partial charge on any atom is 0.256 e. The molecule has 200 valence electrons. The van der Waals surface area contributed by atoms with Gasteiger partial charge < -0.3 is 19.9 Å². The highest BCUT2D eigenvalue weighted by atomic mass is 32.1. The van der Waals surface area contributed by atoms with E-state index in [1.807, 2.05) is 24.3 Å². The predicted molar refractivity (Wildman–Crippen MR) is 150 cm³/mol. The van der Waals surface area contributed by atoms with Crippen LogP contribution in [0.25, 0.3) is 0 Å². The zero-order valence-electron chi connectivity index (χ0n) is 21.3. The number of hydrogen-bond donors (Lipinski definition) is 1. The summed E-state index contributed by atoms with van der Waals surface area (Å²) < 4.78 is 18.7. The first kappa shape index (κ1) is 26.3. The summed E-state index contributed by atoms with van der Waals surface area (Å²) in [6.45, 7) is 0.970. The van der Waals surface area contributed by atoms with Crippen molar-refractivity contribution in [3.05, 3.63) is 84.2 Å². The van der Waals surface area contributed by atoms with Crippen LogP contribution in [0.5, 0.6) is 5.75 Å². The van der Waals surface area contributed by atoms with Crippen molar-refractivity contribution in [2.75, 3.05) is 28.8 Å². The minimum Gasteiger partial charge on any atom is -0.497 e. The third-order valence-electron chi connectivity index (χ3n) is 6.83. The summed E-state index contributed by atoms with van der Waals surface area (Å²) >= 11 is 5.71. The molecule has 5 rings (SSSR count). The molecule has 2 fully saturated rings. The second-order valence-corrected chi connectivity index (χ2v) is 9.74. The normalized spacial score (nSPS) is 17.2. The molecule has 0 bridgehead atoms. The number of rotatable bonds is 8. The van der Waals surface area contributed by atoms with E-state index in [1.165, 1.54) is 29.2 Å². The summed E-state index contributed by atoms with van der Waals surface area (Å²) in [4.78, 5) is 43.5. The van der Waals surface area contributed by atoms with Gasteiger partial charge in [0.25, 0.3) is 5.91 Å². The second kappa shape index (κ2) is 11.2. The highest BCUT2D eigenvalue weighted by Crippen LogP contribution is 2.30. The molecular weight excluding hydrogens is 519 g/mol. The van der Waals surface area contributed by atoms with Crippen LogP contribution >= 0.6 is 12.2 Å². The van der Waals surface area contributed by atoms with E-state index in [0.717, 1.165) is 17.7 Å². The quantitative estimate of drug-likeness (QED) is 0.420. The van der Waals surface area contributed by atoms with Crippen molar-refractivity contribution < 1.29 is 23.5 Å². The van der Waals surface area contributed by atoms with E-state index in [0.29, 0.717) is 30.1 Å². The van der Waals surface area contributed by atoms with Crippen molar-refractivity contribution in [3.8, 4) is 5.75 Å². The van der Waals surface area contributed by atoms with E-state index >= 15 is 0 Å². The fourth-order valence-corrected chi connectivity index (χ4v) is 5.19. The molecule has 0 radical (unpaired) electrons. The predicted octanol–water partition coefficient (Wildman–Crippen LogP) is 4.49. The number of ether oxygens (including phenoxy) is 1. The van der Waals surface area contributed by atoms with Gasteiger partial charge in [-0.3, -0.25) is 19.3 Å². The minimum atomic E-state index is -0.861. The summed E-state index contributed by atoms with van der Waals surface area (Å²) in [7, 11) is 1.56. The fourth-order valence-electron chi connectivity index (χ4n) is 4.80. The average Bonchev–Trinajstić information content (AvgIpc) is 3.46. The van der Waals surface area contributed by atoms with Crippen molar-refractivity contribution in [2.45, 2.75) is 31.8 Å². The lowest BCUT2D eigenvalue weighted by atomic mass is 10.1. The van der Waals surface area contributed by atoms with Crippen LogP contribution in [-0.2, 0) is 20.9 Å². The van der Waals surface area contributed by atoms with Gasteiger partial charge in [0.1, 0.15) is 17.6 Å². The molecule has 3 amide bonds. The highest BCUT2D eigenvalue weighted by Gasteiger charge is 2.44. The van der Waals surface area contributed by atoms with E-state index in [-0.39, 0.29) is 35.8 Å². The van der Waals surface area contributed by atoms with E-state index in [4.69, 9.17) is 17.0 Å². The number of hydrogen-bond acceptors (Lipinski definition) is 5. The Morgan fingerprint density at radius 1 is 1.00 bits per heavy atom. The summed E-state index contributed by atoms with van der Waals surface area (Å²) in [5, 5.41) is 3.05. The zero-order chi connectivity index (χ0) is 27.5. The molecule has 2 aliphatic rings. The van der Waals surface area contributed by atoms with E-state index in [2.05, 4.69) is 5.32 Å². The molecule has 1 N–H and O–H groups in total. The monoisotopic (exact) mass is 546 g/mol. The van der Waals surface area contributed by atoms with Gasteiger partial charge in [0.2, 0.25) is 11.8 Å². The Labute approximate surface area is 231 Å². The Morgan fingerprint density at radius 3 is 2.28 bits per heavy atom. The standard InChI is InChI=1S/C29H27FN4O4S/c1-38-24-14-8-21(9-15-24)31-26(35)17-25-28(37)34(23-12-6-20(30)7-13-23)29(39)33(25)18-19-4-10-22(11-5-19)32-16-2-3-27(32)36/h4-15,25H,2-3,16-18H2,1H3,(H,31,35)/t25-/m1/s1. The van der Waals surface area contributed by atoms with Crippen LogP contribution in [0.3, 0.4) is 0 Å². The summed E-state index contributed by atoms with van der Waals surface area (Å²) in [6.07, 6.45) is 1.25. The number of nitrogens with one attached hydrogen (secondary N) is 1. The van der Waals surface area contributed by atoms with E-state index in [1.54, 1.807) is 41.2 Å². The lowest BCUT2D eigenvalue weighted by Crippen LogP contribution is -2.37. The third-order valence-corrected chi connectivity index (χ3v) is 7.25. The number of anilines is 3. The van der Waals surface area contributed by atoms with Crippen LogP contribution in [0, 0.1) is 5.82 Å². The van der Waals surface area contributed by atoms with Crippen LogP contribution in [0.2, 0.25) is 0 Å². The van der Waals surface area contributed by atoms with Crippen molar-refractivity contribution in [1.82, 2.24) is 4.90 Å². The molecule has 0 spiro atoms. The van der Waals surface area contributed by atoms with Crippen LogP contribution in [0.4, 0.5) is 21.5 Å². The molecule has 0 aromatic heterocycles. The van der Waals surface area contributed by atoms with Gasteiger partial charge in [-0.15, -0.1) is 0 Å². The maximum atomic E-state index is 13.6. The molecule has 3 aromatic rings. The fraction of sp³-hybridized carbons (Fsp3) is 0.241. The van der Waals surface area contributed by atoms with Gasteiger partial charge in [-0.1, -0.05) is 12.1 Å². The maximum absolute atomic E-state index is 13.6. The number of halogens is 1. The number of thiocarbonyl (C=S) groups is 1. The number of carbonyl (C=O) groups is 3. The molecule has 2 saturated heterocycles. The number of carbonyl (C=O) groups excluding carboxylic acids is 3. The van der Waals surface area contributed by atoms with Gasteiger partial charge in [0.15, 0.2) is 5.11 Å². The molecule has 39 heavy (non-hydrogen) atoms. The van der Waals surface area contributed by atoms with Gasteiger partial charge in [-0.2, -0.15) is 0 Å². The molecule has 0 aliphatic carbocycles. The van der Waals surface area contributed by atoms with Gasteiger partial charge in [0.05, 0.1) is 19.2 Å². The summed E-state index contributed by atoms with van der Waals surface area (Å²) in [5.41, 5.74) is 2.69. The Bertz CT molecular complexity index is 1400. The average molecular weight is 547 g/mol. The van der Waals surface area contributed by atoms with E-state index in [9.17, 15) is 18.8 Å². The largest absolute Gasteiger partial charge is 0.497 e. The second-order valence-electron chi connectivity index (χ2n) is 9.37. The van der Waals surface area contributed by atoms with Crippen LogP contribution in [0.15, 0.2) is 72.8 Å². The highest BCUT2D eigenvalue weighted by molar-refractivity contribution is 7.80. The smallest absolute Gasteiger partial charge is 0.256 e. The molecule has 2 aliphatic heterocycles. The molecule has 2 heterocycles. The summed E-state index contributed by atoms with van der Waals surface area (Å²) in [5.74, 6) is -0.386. The van der Waals surface area contributed by atoms with Crippen molar-refractivity contribution >= 4 is 52.1 Å². The van der Waals surface area contributed by atoms with Crippen molar-refractivity contribution in [3.63, 3.8) is 0 Å². The van der Waals surface area contributed by atoms with Crippen molar-refractivity contribution in [1.29, 1.82) is 0 Å². The molecule has 0 unspecified atom stereocenters. The molecule has 8 nitrogen and oxygen atoms in total. The van der Waals surface area contributed by atoms with Crippen LogP contribution in [-0.4, -0.2) is 47.4 Å². The van der Waals surface area contributed by atoms with Gasteiger partial charge in [-0.25, -0.2) is 4.39 Å². The lowest BCUT2D eigenvalue weighted by molar-refractivity contribution is -0.124. The Kier molecular flexibility index (Phi) is 7.56. The van der Waals surface area contributed by atoms with Gasteiger partial charge >= 0.3 is 0 Å².